The van der Waals surface area contributed by atoms with Gasteiger partial charge in [0, 0.05) is 36.3 Å². The molecule has 2 aromatic rings. The molecular weight excluding hydrogens is 370 g/mol. The Kier molecular flexibility index (Phi) is 7.51. The normalized spacial score (nSPS) is 11.6. The molecule has 7 nitrogen and oxygen atoms in total. The summed E-state index contributed by atoms with van der Waals surface area (Å²) in [4.78, 5) is 43.9. The van der Waals surface area contributed by atoms with E-state index in [4.69, 9.17) is 11.6 Å². The fraction of sp³-hybridized carbons (Fsp3) is 0.158. The molecule has 0 saturated heterocycles. The first-order valence-electron chi connectivity index (χ1n) is 8.05. The van der Waals surface area contributed by atoms with Gasteiger partial charge in [-0.3, -0.25) is 19.4 Å². The van der Waals surface area contributed by atoms with Gasteiger partial charge in [-0.05, 0) is 35.9 Å². The molecule has 1 aromatic heterocycles. The fourth-order valence-corrected chi connectivity index (χ4v) is 2.22. The number of hydroxylamine groups is 1. The first-order valence-corrected chi connectivity index (χ1v) is 8.43. The summed E-state index contributed by atoms with van der Waals surface area (Å²) in [7, 11) is 0. The Balaban J connectivity index is 2.04. The van der Waals surface area contributed by atoms with Gasteiger partial charge in [0.2, 0.25) is 5.91 Å². The highest BCUT2D eigenvalue weighted by Crippen LogP contribution is 2.10. The van der Waals surface area contributed by atoms with Crippen LogP contribution in [0.5, 0.6) is 0 Å². The summed E-state index contributed by atoms with van der Waals surface area (Å²) in [6.45, 7) is 1.15. The third-order valence-corrected chi connectivity index (χ3v) is 3.62. The van der Waals surface area contributed by atoms with E-state index in [1.165, 1.54) is 6.08 Å². The SMILES string of the molecule is CC(=O)ONC(=O)[C@H](Cc1ccccn1)NC(=O)/C=C/c1ccc(Cl)cc1. The molecule has 1 atom stereocenters. The van der Waals surface area contributed by atoms with E-state index in [-0.39, 0.29) is 6.42 Å². The van der Waals surface area contributed by atoms with Crippen molar-refractivity contribution in [3.05, 3.63) is 71.0 Å². The maximum absolute atomic E-state index is 12.2. The first kappa shape index (κ1) is 20.1. The minimum Gasteiger partial charge on any atom is -0.341 e. The van der Waals surface area contributed by atoms with Gasteiger partial charge < -0.3 is 10.2 Å². The summed E-state index contributed by atoms with van der Waals surface area (Å²) < 4.78 is 0. The summed E-state index contributed by atoms with van der Waals surface area (Å²) in [5, 5.41) is 3.17. The van der Waals surface area contributed by atoms with Crippen LogP contribution < -0.4 is 10.8 Å². The lowest BCUT2D eigenvalue weighted by Crippen LogP contribution is -2.48. The number of benzene rings is 1. The molecule has 0 spiro atoms. The predicted octanol–water partition coefficient (Wildman–Crippen LogP) is 2.07. The van der Waals surface area contributed by atoms with E-state index in [1.54, 1.807) is 54.7 Å². The molecule has 27 heavy (non-hydrogen) atoms. The molecule has 140 valence electrons. The van der Waals surface area contributed by atoms with Crippen molar-refractivity contribution in [3.63, 3.8) is 0 Å². The second-order valence-corrected chi connectivity index (χ2v) is 5.97. The Labute approximate surface area is 161 Å². The molecule has 0 radical (unpaired) electrons. The molecule has 2 amide bonds. The minimum atomic E-state index is -0.971. The van der Waals surface area contributed by atoms with E-state index >= 15 is 0 Å². The molecule has 2 rings (SSSR count). The van der Waals surface area contributed by atoms with Crippen LogP contribution >= 0.6 is 11.6 Å². The topological polar surface area (TPSA) is 97.4 Å². The molecule has 0 saturated carbocycles. The van der Waals surface area contributed by atoms with Crippen molar-refractivity contribution in [2.75, 3.05) is 0 Å². The largest absolute Gasteiger partial charge is 0.341 e. The fourth-order valence-electron chi connectivity index (χ4n) is 2.10. The summed E-state index contributed by atoms with van der Waals surface area (Å²) in [6.07, 6.45) is 4.61. The highest BCUT2D eigenvalue weighted by atomic mass is 35.5. The average Bonchev–Trinajstić information content (AvgIpc) is 2.66. The third-order valence-electron chi connectivity index (χ3n) is 3.36. The van der Waals surface area contributed by atoms with Crippen molar-refractivity contribution in [2.45, 2.75) is 19.4 Å². The lowest BCUT2D eigenvalue weighted by atomic mass is 10.1. The zero-order valence-electron chi connectivity index (χ0n) is 14.5. The number of hydrogen-bond donors (Lipinski definition) is 2. The van der Waals surface area contributed by atoms with Crippen molar-refractivity contribution in [1.82, 2.24) is 15.8 Å². The average molecular weight is 388 g/mol. The molecular formula is C19H18ClN3O4. The first-order chi connectivity index (χ1) is 12.9. The molecule has 8 heteroatoms. The predicted molar refractivity (Wildman–Crippen MR) is 100 cm³/mol. The van der Waals surface area contributed by atoms with E-state index in [9.17, 15) is 14.4 Å². The Morgan fingerprint density at radius 2 is 1.93 bits per heavy atom. The number of nitrogens with zero attached hydrogens (tertiary/aromatic N) is 1. The van der Waals surface area contributed by atoms with Gasteiger partial charge in [-0.25, -0.2) is 0 Å². The Morgan fingerprint density at radius 1 is 1.19 bits per heavy atom. The van der Waals surface area contributed by atoms with Crippen LogP contribution in [-0.2, 0) is 25.6 Å². The van der Waals surface area contributed by atoms with Gasteiger partial charge in [-0.15, -0.1) is 0 Å². The summed E-state index contributed by atoms with van der Waals surface area (Å²) in [5.74, 6) is -1.82. The van der Waals surface area contributed by atoms with E-state index in [0.29, 0.717) is 10.7 Å². The van der Waals surface area contributed by atoms with Crippen LogP contribution in [0, 0.1) is 0 Å². The molecule has 1 aromatic carbocycles. The maximum Gasteiger partial charge on any atom is 0.329 e. The Morgan fingerprint density at radius 3 is 2.56 bits per heavy atom. The van der Waals surface area contributed by atoms with Crippen molar-refractivity contribution in [1.29, 1.82) is 0 Å². The number of amides is 2. The van der Waals surface area contributed by atoms with E-state index < -0.39 is 23.8 Å². The molecule has 0 aliphatic heterocycles. The van der Waals surface area contributed by atoms with Crippen LogP contribution in [0.25, 0.3) is 6.08 Å². The van der Waals surface area contributed by atoms with Gasteiger partial charge >= 0.3 is 5.97 Å². The zero-order valence-corrected chi connectivity index (χ0v) is 15.3. The van der Waals surface area contributed by atoms with Crippen LogP contribution in [0.2, 0.25) is 5.02 Å². The Bertz CT molecular complexity index is 823. The number of rotatable bonds is 6. The maximum atomic E-state index is 12.2. The van der Waals surface area contributed by atoms with Crippen LogP contribution in [0.1, 0.15) is 18.2 Å². The summed E-state index contributed by atoms with van der Waals surface area (Å²) >= 11 is 5.82. The Hall–Kier alpha value is -3.19. The summed E-state index contributed by atoms with van der Waals surface area (Å²) in [6, 6.07) is 11.2. The molecule has 0 fully saturated rings. The van der Waals surface area contributed by atoms with Gasteiger partial charge in [0.1, 0.15) is 6.04 Å². The van der Waals surface area contributed by atoms with Crippen molar-refractivity contribution < 1.29 is 19.2 Å². The second-order valence-electron chi connectivity index (χ2n) is 5.53. The lowest BCUT2D eigenvalue weighted by molar-refractivity contribution is -0.157. The second kappa shape index (κ2) is 10.1. The number of carbonyl (C=O) groups excluding carboxylic acids is 3. The standard InChI is InChI=1S/C19H18ClN3O4/c1-13(24)27-23-19(26)17(12-16-4-2-3-11-21-16)22-18(25)10-7-14-5-8-15(20)9-6-14/h2-11,17H,12H2,1H3,(H,22,25)(H,23,26)/b10-7+/t17-/m0/s1. The minimum absolute atomic E-state index is 0.133. The van der Waals surface area contributed by atoms with Gasteiger partial charge in [0.05, 0.1) is 0 Å². The molecule has 1 heterocycles. The van der Waals surface area contributed by atoms with Gasteiger partial charge in [-0.2, -0.15) is 5.48 Å². The van der Waals surface area contributed by atoms with Crippen LogP contribution in [0.3, 0.4) is 0 Å². The van der Waals surface area contributed by atoms with Crippen molar-refractivity contribution in [2.24, 2.45) is 0 Å². The summed E-state index contributed by atoms with van der Waals surface area (Å²) in [5.41, 5.74) is 3.40. The molecule has 2 N–H and O–H groups in total. The third kappa shape index (κ3) is 7.29. The van der Waals surface area contributed by atoms with Gasteiger partial charge in [0.15, 0.2) is 0 Å². The van der Waals surface area contributed by atoms with E-state index in [1.807, 2.05) is 5.48 Å². The number of halogens is 1. The smallest absolute Gasteiger partial charge is 0.329 e. The quantitative estimate of drug-likeness (QED) is 0.584. The van der Waals surface area contributed by atoms with Gasteiger partial charge in [0.25, 0.3) is 5.91 Å². The highest BCUT2D eigenvalue weighted by molar-refractivity contribution is 6.30. The monoisotopic (exact) mass is 387 g/mol. The lowest BCUT2D eigenvalue weighted by Gasteiger charge is -2.16. The highest BCUT2D eigenvalue weighted by Gasteiger charge is 2.22. The van der Waals surface area contributed by atoms with E-state index in [2.05, 4.69) is 15.1 Å². The van der Waals surface area contributed by atoms with E-state index in [0.717, 1.165) is 12.5 Å². The molecule has 0 bridgehead atoms. The number of hydrogen-bond acceptors (Lipinski definition) is 5. The number of nitrogens with one attached hydrogen (secondary N) is 2. The van der Waals surface area contributed by atoms with Gasteiger partial charge in [-0.1, -0.05) is 29.8 Å². The number of carbonyl (C=O) groups is 3. The number of aromatic nitrogens is 1. The molecule has 0 unspecified atom stereocenters. The van der Waals surface area contributed by atoms with Crippen LogP contribution in [0.15, 0.2) is 54.7 Å². The zero-order chi connectivity index (χ0) is 19.6. The number of pyridine rings is 1. The molecule has 0 aliphatic carbocycles. The van der Waals surface area contributed by atoms with Crippen molar-refractivity contribution >= 4 is 35.5 Å². The van der Waals surface area contributed by atoms with Crippen molar-refractivity contribution in [3.8, 4) is 0 Å². The van der Waals surface area contributed by atoms with Crippen LogP contribution in [-0.4, -0.2) is 28.8 Å². The molecule has 0 aliphatic rings. The van der Waals surface area contributed by atoms with Crippen LogP contribution in [0.4, 0.5) is 0 Å².